The Hall–Kier alpha value is -0.820. The average molecular weight is 292 g/mol. The number of sulfone groups is 1. The molecular formula is C12H24N2O4S. The standard InChI is InChI=1S/C12H24N2O4S/c1-3-4-6-13-12(15)14(7-8-18-2)11-5-9-19(16,17)10-11/h11H,3-10H2,1-2H3,(H,13,15). The minimum absolute atomic E-state index is 0.0674. The van der Waals surface area contributed by atoms with E-state index in [-0.39, 0.29) is 23.6 Å². The van der Waals surface area contributed by atoms with Crippen molar-refractivity contribution < 1.29 is 17.9 Å². The summed E-state index contributed by atoms with van der Waals surface area (Å²) in [6, 6.07) is -0.408. The number of ether oxygens (including phenoxy) is 1. The maximum Gasteiger partial charge on any atom is 0.317 e. The first-order chi connectivity index (χ1) is 9.00. The summed E-state index contributed by atoms with van der Waals surface area (Å²) in [5.74, 6) is 0.237. The molecule has 112 valence electrons. The molecule has 1 rings (SSSR count). The highest BCUT2D eigenvalue weighted by atomic mass is 32.2. The van der Waals surface area contributed by atoms with Gasteiger partial charge in [-0.3, -0.25) is 0 Å². The molecule has 0 aliphatic carbocycles. The lowest BCUT2D eigenvalue weighted by Crippen LogP contribution is -2.48. The second kappa shape index (κ2) is 7.69. The van der Waals surface area contributed by atoms with Gasteiger partial charge in [-0.05, 0) is 12.8 Å². The fourth-order valence-electron chi connectivity index (χ4n) is 2.13. The van der Waals surface area contributed by atoms with Crippen molar-refractivity contribution in [3.8, 4) is 0 Å². The largest absolute Gasteiger partial charge is 0.383 e. The summed E-state index contributed by atoms with van der Waals surface area (Å²) in [6.07, 6.45) is 2.45. The summed E-state index contributed by atoms with van der Waals surface area (Å²) < 4.78 is 28.0. The van der Waals surface area contributed by atoms with Gasteiger partial charge in [0.2, 0.25) is 0 Å². The first-order valence-corrected chi connectivity index (χ1v) is 8.56. The first-order valence-electron chi connectivity index (χ1n) is 6.74. The highest BCUT2D eigenvalue weighted by molar-refractivity contribution is 7.91. The Morgan fingerprint density at radius 1 is 1.47 bits per heavy atom. The number of urea groups is 1. The molecule has 0 aromatic heterocycles. The van der Waals surface area contributed by atoms with Gasteiger partial charge in [0.15, 0.2) is 9.84 Å². The molecule has 0 aromatic carbocycles. The van der Waals surface area contributed by atoms with E-state index in [9.17, 15) is 13.2 Å². The maximum atomic E-state index is 12.1. The van der Waals surface area contributed by atoms with Crippen molar-refractivity contribution in [2.45, 2.75) is 32.2 Å². The third kappa shape index (κ3) is 5.36. The van der Waals surface area contributed by atoms with Crippen LogP contribution < -0.4 is 5.32 Å². The van der Waals surface area contributed by atoms with Gasteiger partial charge in [0.25, 0.3) is 0 Å². The summed E-state index contributed by atoms with van der Waals surface area (Å²) in [7, 11) is -1.42. The van der Waals surface area contributed by atoms with Gasteiger partial charge in [-0.25, -0.2) is 13.2 Å². The van der Waals surface area contributed by atoms with Gasteiger partial charge in [-0.2, -0.15) is 0 Å². The zero-order valence-electron chi connectivity index (χ0n) is 11.7. The number of carbonyl (C=O) groups is 1. The Bertz CT molecular complexity index is 383. The molecular weight excluding hydrogens is 268 g/mol. The molecule has 1 aliphatic heterocycles. The van der Waals surface area contributed by atoms with Crippen LogP contribution in [0.25, 0.3) is 0 Å². The summed E-state index contributed by atoms with van der Waals surface area (Å²) in [5.41, 5.74) is 0. The van der Waals surface area contributed by atoms with Gasteiger partial charge in [0.1, 0.15) is 0 Å². The monoisotopic (exact) mass is 292 g/mol. The normalized spacial score (nSPS) is 21.3. The lowest BCUT2D eigenvalue weighted by atomic mass is 10.2. The molecule has 19 heavy (non-hydrogen) atoms. The predicted octanol–water partition coefficient (Wildman–Crippen LogP) is 0.632. The Kier molecular flexibility index (Phi) is 6.57. The van der Waals surface area contributed by atoms with E-state index < -0.39 is 9.84 Å². The number of hydrogen-bond donors (Lipinski definition) is 1. The molecule has 6 nitrogen and oxygen atoms in total. The van der Waals surface area contributed by atoms with Crippen molar-refractivity contribution in [2.75, 3.05) is 38.3 Å². The zero-order chi connectivity index (χ0) is 14.3. The minimum atomic E-state index is -2.99. The van der Waals surface area contributed by atoms with Crippen LogP contribution in [0.2, 0.25) is 0 Å². The van der Waals surface area contributed by atoms with E-state index in [0.29, 0.717) is 26.1 Å². The van der Waals surface area contributed by atoms with Crippen LogP contribution in [-0.2, 0) is 14.6 Å². The lowest BCUT2D eigenvalue weighted by molar-refractivity contribution is 0.134. The number of carbonyl (C=O) groups excluding carboxylic acids is 1. The molecule has 1 fully saturated rings. The molecule has 0 aromatic rings. The van der Waals surface area contributed by atoms with Gasteiger partial charge in [0, 0.05) is 26.2 Å². The second-order valence-electron chi connectivity index (χ2n) is 4.83. The molecule has 1 atom stereocenters. The minimum Gasteiger partial charge on any atom is -0.383 e. The highest BCUT2D eigenvalue weighted by Gasteiger charge is 2.34. The number of hydrogen-bond acceptors (Lipinski definition) is 4. The third-order valence-corrected chi connectivity index (χ3v) is 5.00. The molecule has 0 saturated carbocycles. The van der Waals surface area contributed by atoms with Crippen LogP contribution in [-0.4, -0.2) is 63.7 Å². The van der Waals surface area contributed by atoms with E-state index >= 15 is 0 Å². The molecule has 2 amide bonds. The summed E-state index contributed by atoms with van der Waals surface area (Å²) in [5, 5.41) is 2.83. The Balaban J connectivity index is 2.58. The molecule has 1 heterocycles. The van der Waals surface area contributed by atoms with Crippen LogP contribution >= 0.6 is 0 Å². The van der Waals surface area contributed by atoms with Crippen molar-refractivity contribution in [2.24, 2.45) is 0 Å². The van der Waals surface area contributed by atoms with Crippen molar-refractivity contribution in [3.63, 3.8) is 0 Å². The molecule has 1 aliphatic rings. The van der Waals surface area contributed by atoms with Gasteiger partial charge >= 0.3 is 6.03 Å². The van der Waals surface area contributed by atoms with Crippen LogP contribution in [0.1, 0.15) is 26.2 Å². The SMILES string of the molecule is CCCCNC(=O)N(CCOC)C1CCS(=O)(=O)C1. The smallest absolute Gasteiger partial charge is 0.317 e. The Morgan fingerprint density at radius 2 is 2.21 bits per heavy atom. The van der Waals surface area contributed by atoms with Crippen molar-refractivity contribution in [1.82, 2.24) is 10.2 Å². The van der Waals surface area contributed by atoms with E-state index in [0.717, 1.165) is 12.8 Å². The van der Waals surface area contributed by atoms with Crippen LogP contribution in [0, 0.1) is 0 Å². The number of nitrogens with zero attached hydrogens (tertiary/aromatic N) is 1. The number of unbranched alkanes of at least 4 members (excludes halogenated alkanes) is 1. The first kappa shape index (κ1) is 16.2. The van der Waals surface area contributed by atoms with Crippen LogP contribution in [0.3, 0.4) is 0 Å². The number of nitrogens with one attached hydrogen (secondary N) is 1. The fourth-order valence-corrected chi connectivity index (χ4v) is 3.87. The van der Waals surface area contributed by atoms with E-state index in [4.69, 9.17) is 4.74 Å². The predicted molar refractivity (Wildman–Crippen MR) is 73.9 cm³/mol. The van der Waals surface area contributed by atoms with E-state index in [2.05, 4.69) is 12.2 Å². The summed E-state index contributed by atoms with van der Waals surface area (Å²) >= 11 is 0. The summed E-state index contributed by atoms with van der Waals surface area (Å²) in [4.78, 5) is 13.7. The fraction of sp³-hybridized carbons (Fsp3) is 0.917. The molecule has 0 spiro atoms. The van der Waals surface area contributed by atoms with Gasteiger partial charge in [-0.1, -0.05) is 13.3 Å². The summed E-state index contributed by atoms with van der Waals surface area (Å²) in [6.45, 7) is 3.52. The molecule has 1 saturated heterocycles. The number of rotatable bonds is 7. The van der Waals surface area contributed by atoms with Crippen LogP contribution in [0.4, 0.5) is 4.79 Å². The maximum absolute atomic E-state index is 12.1. The van der Waals surface area contributed by atoms with E-state index in [1.807, 2.05) is 0 Å². The van der Waals surface area contributed by atoms with Crippen LogP contribution in [0.5, 0.6) is 0 Å². The average Bonchev–Trinajstić information content (AvgIpc) is 2.70. The quantitative estimate of drug-likeness (QED) is 0.698. The van der Waals surface area contributed by atoms with E-state index in [1.165, 1.54) is 0 Å². The van der Waals surface area contributed by atoms with Gasteiger partial charge in [0.05, 0.1) is 18.1 Å². The third-order valence-electron chi connectivity index (χ3n) is 3.25. The van der Waals surface area contributed by atoms with Gasteiger partial charge < -0.3 is 15.0 Å². The van der Waals surface area contributed by atoms with Gasteiger partial charge in [-0.15, -0.1) is 0 Å². The number of amides is 2. The van der Waals surface area contributed by atoms with Crippen molar-refractivity contribution in [1.29, 1.82) is 0 Å². The van der Waals surface area contributed by atoms with Crippen molar-refractivity contribution >= 4 is 15.9 Å². The highest BCUT2D eigenvalue weighted by Crippen LogP contribution is 2.17. The molecule has 7 heteroatoms. The van der Waals surface area contributed by atoms with E-state index in [1.54, 1.807) is 12.0 Å². The zero-order valence-corrected chi connectivity index (χ0v) is 12.5. The molecule has 0 bridgehead atoms. The van der Waals surface area contributed by atoms with Crippen LogP contribution in [0.15, 0.2) is 0 Å². The Labute approximate surface area is 115 Å². The topological polar surface area (TPSA) is 75.7 Å². The molecule has 0 radical (unpaired) electrons. The Morgan fingerprint density at radius 3 is 2.74 bits per heavy atom. The molecule has 1 N–H and O–H groups in total. The second-order valence-corrected chi connectivity index (χ2v) is 7.06. The van der Waals surface area contributed by atoms with Crippen molar-refractivity contribution in [3.05, 3.63) is 0 Å². The molecule has 1 unspecified atom stereocenters. The number of methoxy groups -OCH3 is 1. The lowest BCUT2D eigenvalue weighted by Gasteiger charge is -2.28.